The number of nitrogens with zero attached hydrogens (tertiary/aromatic N) is 1. The summed E-state index contributed by atoms with van der Waals surface area (Å²) >= 11 is 5.85. The van der Waals surface area contributed by atoms with E-state index in [-0.39, 0.29) is 16.4 Å². The Labute approximate surface area is 179 Å². The molecule has 0 saturated carbocycles. The van der Waals surface area contributed by atoms with Crippen LogP contribution in [0.5, 0.6) is 0 Å². The molecule has 0 heterocycles. The Morgan fingerprint density at radius 1 is 0.867 bits per heavy atom. The number of halogens is 1. The maximum atomic E-state index is 12.6. The highest BCUT2D eigenvalue weighted by Crippen LogP contribution is 2.22. The lowest BCUT2D eigenvalue weighted by molar-refractivity contribution is 0.0988. The van der Waals surface area contributed by atoms with Gasteiger partial charge in [-0.3, -0.25) is 14.3 Å². The van der Waals surface area contributed by atoms with Crippen LogP contribution in [0.15, 0.2) is 77.7 Å². The van der Waals surface area contributed by atoms with E-state index in [2.05, 4.69) is 4.72 Å². The fourth-order valence-electron chi connectivity index (χ4n) is 2.67. The molecule has 154 valence electrons. The van der Waals surface area contributed by atoms with Gasteiger partial charge >= 0.3 is 0 Å². The number of hydrogen-bond donors (Lipinski definition) is 2. The molecule has 0 aliphatic rings. The second-order valence-corrected chi connectivity index (χ2v) is 8.53. The van der Waals surface area contributed by atoms with Crippen LogP contribution < -0.4 is 15.4 Å². The zero-order valence-corrected chi connectivity index (χ0v) is 17.4. The zero-order valence-electron chi connectivity index (χ0n) is 15.9. The van der Waals surface area contributed by atoms with Crippen LogP contribution in [0.3, 0.4) is 0 Å². The molecule has 30 heavy (non-hydrogen) atoms. The van der Waals surface area contributed by atoms with Crippen molar-refractivity contribution >= 4 is 44.8 Å². The molecule has 0 bridgehead atoms. The molecule has 3 aromatic rings. The molecule has 0 aliphatic heterocycles. The Balaban J connectivity index is 1.74. The number of benzene rings is 3. The van der Waals surface area contributed by atoms with Crippen molar-refractivity contribution in [3.63, 3.8) is 0 Å². The Bertz CT molecular complexity index is 1180. The summed E-state index contributed by atoms with van der Waals surface area (Å²) in [4.78, 5) is 25.1. The van der Waals surface area contributed by atoms with E-state index in [9.17, 15) is 18.0 Å². The van der Waals surface area contributed by atoms with E-state index in [1.165, 1.54) is 29.2 Å². The van der Waals surface area contributed by atoms with Crippen LogP contribution in [-0.4, -0.2) is 27.3 Å². The van der Waals surface area contributed by atoms with Crippen LogP contribution in [0, 0.1) is 0 Å². The molecular formula is C21H18ClN3O4S. The number of carbonyl (C=O) groups is 2. The number of rotatable bonds is 6. The highest BCUT2D eigenvalue weighted by Gasteiger charge is 2.16. The average molecular weight is 444 g/mol. The van der Waals surface area contributed by atoms with Crippen LogP contribution in [0.1, 0.15) is 20.7 Å². The second kappa shape index (κ2) is 8.56. The van der Waals surface area contributed by atoms with E-state index in [0.717, 1.165) is 0 Å². The zero-order chi connectivity index (χ0) is 21.9. The molecule has 0 aromatic heterocycles. The summed E-state index contributed by atoms with van der Waals surface area (Å²) in [7, 11) is -2.23. The summed E-state index contributed by atoms with van der Waals surface area (Å²) in [5, 5.41) is 0.537. The summed E-state index contributed by atoms with van der Waals surface area (Å²) in [6.07, 6.45) is 0. The SMILES string of the molecule is CN(C(=O)c1ccc(Cl)cc1)c1ccc(NS(=O)(=O)c2ccc(C(N)=O)cc2)cc1. The van der Waals surface area contributed by atoms with E-state index in [4.69, 9.17) is 17.3 Å². The van der Waals surface area contributed by atoms with Crippen molar-refractivity contribution in [1.29, 1.82) is 0 Å². The minimum Gasteiger partial charge on any atom is -0.366 e. The van der Waals surface area contributed by atoms with Crippen LogP contribution >= 0.6 is 11.6 Å². The van der Waals surface area contributed by atoms with Gasteiger partial charge in [0.1, 0.15) is 0 Å². The molecule has 3 rings (SSSR count). The van der Waals surface area contributed by atoms with Gasteiger partial charge in [-0.1, -0.05) is 11.6 Å². The van der Waals surface area contributed by atoms with Gasteiger partial charge in [0.15, 0.2) is 0 Å². The van der Waals surface area contributed by atoms with Crippen molar-refractivity contribution in [1.82, 2.24) is 0 Å². The molecule has 7 nitrogen and oxygen atoms in total. The number of primary amides is 1. The fourth-order valence-corrected chi connectivity index (χ4v) is 3.85. The van der Waals surface area contributed by atoms with Gasteiger partial charge in [0.2, 0.25) is 5.91 Å². The van der Waals surface area contributed by atoms with Gasteiger partial charge in [-0.25, -0.2) is 8.42 Å². The molecule has 9 heteroatoms. The molecular weight excluding hydrogens is 426 g/mol. The van der Waals surface area contributed by atoms with Gasteiger partial charge in [0, 0.05) is 34.6 Å². The number of nitrogens with two attached hydrogens (primary N) is 1. The number of amides is 2. The molecule has 0 unspecified atom stereocenters. The second-order valence-electron chi connectivity index (χ2n) is 6.41. The summed E-state index contributed by atoms with van der Waals surface area (Å²) in [5.74, 6) is -0.866. The number of sulfonamides is 1. The van der Waals surface area contributed by atoms with Gasteiger partial charge in [-0.05, 0) is 72.8 Å². The quantitative estimate of drug-likeness (QED) is 0.607. The molecule has 0 atom stereocenters. The Morgan fingerprint density at radius 3 is 1.93 bits per heavy atom. The first-order valence-electron chi connectivity index (χ1n) is 8.74. The van der Waals surface area contributed by atoms with Crippen LogP contribution in [-0.2, 0) is 10.0 Å². The van der Waals surface area contributed by atoms with Crippen molar-refractivity contribution in [3.8, 4) is 0 Å². The lowest BCUT2D eigenvalue weighted by Gasteiger charge is -2.18. The van der Waals surface area contributed by atoms with Crippen LogP contribution in [0.2, 0.25) is 5.02 Å². The third kappa shape index (κ3) is 4.79. The maximum Gasteiger partial charge on any atom is 0.261 e. The minimum absolute atomic E-state index is 0.00777. The molecule has 0 fully saturated rings. The predicted molar refractivity (Wildman–Crippen MR) is 116 cm³/mol. The Morgan fingerprint density at radius 2 is 1.40 bits per heavy atom. The normalized spacial score (nSPS) is 11.0. The summed E-state index contributed by atoms with van der Waals surface area (Å²) in [6.45, 7) is 0. The van der Waals surface area contributed by atoms with E-state index in [0.29, 0.717) is 22.0 Å². The lowest BCUT2D eigenvalue weighted by Crippen LogP contribution is -2.26. The van der Waals surface area contributed by atoms with Crippen LogP contribution in [0.25, 0.3) is 0 Å². The standard InChI is InChI=1S/C21H18ClN3O4S/c1-25(21(27)15-2-6-16(22)7-3-15)18-10-8-17(9-11-18)24-30(28,29)19-12-4-14(5-13-19)20(23)26/h2-13,24H,1H3,(H2,23,26). The van der Waals surface area contributed by atoms with Gasteiger partial charge in [-0.15, -0.1) is 0 Å². The highest BCUT2D eigenvalue weighted by atomic mass is 35.5. The number of hydrogen-bond acceptors (Lipinski definition) is 4. The first-order valence-corrected chi connectivity index (χ1v) is 10.6. The third-order valence-electron chi connectivity index (χ3n) is 4.35. The van der Waals surface area contributed by atoms with Gasteiger partial charge in [0.25, 0.3) is 15.9 Å². The van der Waals surface area contributed by atoms with E-state index >= 15 is 0 Å². The fraction of sp³-hybridized carbons (Fsp3) is 0.0476. The number of carbonyl (C=O) groups excluding carboxylic acids is 2. The Hall–Kier alpha value is -3.36. The van der Waals surface area contributed by atoms with Crippen molar-refractivity contribution in [2.24, 2.45) is 5.73 Å². The van der Waals surface area contributed by atoms with Crippen molar-refractivity contribution < 1.29 is 18.0 Å². The summed E-state index contributed by atoms with van der Waals surface area (Å²) in [5.41, 5.74) is 6.77. The van der Waals surface area contributed by atoms with Gasteiger partial charge < -0.3 is 10.6 Å². The molecule has 0 saturated heterocycles. The summed E-state index contributed by atoms with van der Waals surface area (Å²) in [6, 6.07) is 18.2. The van der Waals surface area contributed by atoms with Crippen molar-refractivity contribution in [2.45, 2.75) is 4.90 Å². The Kier molecular flexibility index (Phi) is 6.09. The van der Waals surface area contributed by atoms with E-state index < -0.39 is 15.9 Å². The molecule has 0 radical (unpaired) electrons. The van der Waals surface area contributed by atoms with Gasteiger partial charge in [-0.2, -0.15) is 0 Å². The third-order valence-corrected chi connectivity index (χ3v) is 6.00. The molecule has 3 aromatic carbocycles. The molecule has 2 amide bonds. The topological polar surface area (TPSA) is 110 Å². The van der Waals surface area contributed by atoms with E-state index in [1.807, 2.05) is 0 Å². The van der Waals surface area contributed by atoms with Crippen molar-refractivity contribution in [2.75, 3.05) is 16.7 Å². The van der Waals surface area contributed by atoms with Gasteiger partial charge in [0.05, 0.1) is 4.90 Å². The maximum absolute atomic E-state index is 12.6. The van der Waals surface area contributed by atoms with Crippen molar-refractivity contribution in [3.05, 3.63) is 88.9 Å². The minimum atomic E-state index is -3.85. The molecule has 3 N–H and O–H groups in total. The summed E-state index contributed by atoms with van der Waals surface area (Å²) < 4.78 is 27.5. The monoisotopic (exact) mass is 443 g/mol. The number of nitrogens with one attached hydrogen (secondary N) is 1. The van der Waals surface area contributed by atoms with E-state index in [1.54, 1.807) is 55.6 Å². The average Bonchev–Trinajstić information content (AvgIpc) is 2.73. The van der Waals surface area contributed by atoms with Crippen LogP contribution in [0.4, 0.5) is 11.4 Å². The lowest BCUT2D eigenvalue weighted by atomic mass is 10.2. The molecule has 0 aliphatic carbocycles. The first-order chi connectivity index (χ1) is 14.2. The smallest absolute Gasteiger partial charge is 0.261 e. The largest absolute Gasteiger partial charge is 0.366 e. The number of anilines is 2. The highest BCUT2D eigenvalue weighted by molar-refractivity contribution is 7.92. The predicted octanol–water partition coefficient (Wildman–Crippen LogP) is 3.52. The first kappa shape index (κ1) is 21.4. The molecule has 0 spiro atoms.